The van der Waals surface area contributed by atoms with Crippen molar-refractivity contribution in [3.05, 3.63) is 46.5 Å². The van der Waals surface area contributed by atoms with Gasteiger partial charge in [-0.1, -0.05) is 6.92 Å². The Kier molecular flexibility index (Phi) is 6.60. The summed E-state index contributed by atoms with van der Waals surface area (Å²) in [5, 5.41) is 6.74. The van der Waals surface area contributed by atoms with Crippen LogP contribution in [0, 0.1) is 0 Å². The van der Waals surface area contributed by atoms with Crippen LogP contribution in [0.2, 0.25) is 0 Å². The number of nitrogens with one attached hydrogen (secondary N) is 2. The summed E-state index contributed by atoms with van der Waals surface area (Å²) in [7, 11) is 0. The summed E-state index contributed by atoms with van der Waals surface area (Å²) in [6.07, 6.45) is -1.66. The topological polar surface area (TPSA) is 53.1 Å². The Morgan fingerprint density at radius 2 is 2.11 bits per heavy atom. The Morgan fingerprint density at radius 1 is 1.22 bits per heavy atom. The number of halogens is 3. The summed E-state index contributed by atoms with van der Waals surface area (Å²) in [6, 6.07) is 9.20. The maximum atomic E-state index is 13.9. The van der Waals surface area contributed by atoms with E-state index < -0.39 is 11.7 Å². The third-order valence-electron chi connectivity index (χ3n) is 6.92. The molecule has 3 aliphatic rings. The van der Waals surface area contributed by atoms with Gasteiger partial charge in [0.15, 0.2) is 0 Å². The van der Waals surface area contributed by atoms with E-state index in [1.807, 2.05) is 23.9 Å². The van der Waals surface area contributed by atoms with Crippen LogP contribution >= 0.6 is 34.9 Å². The predicted octanol–water partition coefficient (Wildman–Crippen LogP) is 6.42. The van der Waals surface area contributed by atoms with Gasteiger partial charge in [0, 0.05) is 69.8 Å². The van der Waals surface area contributed by atoms with Crippen LogP contribution < -0.4 is 15.5 Å². The third kappa shape index (κ3) is 4.70. The number of rotatable bonds is 5. The summed E-state index contributed by atoms with van der Waals surface area (Å²) in [5.41, 5.74) is 2.24. The van der Waals surface area contributed by atoms with Gasteiger partial charge < -0.3 is 15.5 Å². The number of thioether (sulfide) groups is 2. The van der Waals surface area contributed by atoms with E-state index in [1.54, 1.807) is 11.8 Å². The summed E-state index contributed by atoms with van der Waals surface area (Å²) in [6.45, 7) is 4.10. The molecule has 2 fully saturated rings. The van der Waals surface area contributed by atoms with Crippen LogP contribution in [0.4, 0.5) is 30.5 Å². The molecule has 190 valence electrons. The van der Waals surface area contributed by atoms with Crippen molar-refractivity contribution in [3.8, 4) is 10.6 Å². The fourth-order valence-electron chi connectivity index (χ4n) is 5.13. The van der Waals surface area contributed by atoms with Crippen LogP contribution in [-0.2, 0) is 18.3 Å². The van der Waals surface area contributed by atoms with E-state index in [4.69, 9.17) is 0 Å². The zero-order chi connectivity index (χ0) is 24.9. The zero-order valence-electron chi connectivity index (χ0n) is 19.7. The number of nitrogens with zero attached hydrogens (tertiary/aromatic N) is 3. The molecule has 2 aromatic heterocycles. The lowest BCUT2D eigenvalue weighted by atomic mass is 10.1. The van der Waals surface area contributed by atoms with E-state index >= 15 is 0 Å². The van der Waals surface area contributed by atoms with Crippen LogP contribution in [0.15, 0.2) is 35.4 Å². The Hall–Kier alpha value is -1.95. The molecule has 2 saturated heterocycles. The summed E-state index contributed by atoms with van der Waals surface area (Å²) < 4.78 is 41.7. The van der Waals surface area contributed by atoms with E-state index in [0.29, 0.717) is 17.0 Å². The van der Waals surface area contributed by atoms with Crippen molar-refractivity contribution in [2.24, 2.45) is 0 Å². The third-order valence-corrected chi connectivity index (χ3v) is 10.7. The van der Waals surface area contributed by atoms with Crippen LogP contribution in [0.5, 0.6) is 0 Å². The fraction of sp³-hybridized carbons (Fsp3) is 0.440. The van der Waals surface area contributed by atoms with Crippen molar-refractivity contribution in [3.63, 3.8) is 0 Å². The first-order valence-corrected chi connectivity index (χ1v) is 15.0. The van der Waals surface area contributed by atoms with Gasteiger partial charge in [-0.05, 0) is 42.7 Å². The Morgan fingerprint density at radius 3 is 2.86 bits per heavy atom. The minimum atomic E-state index is -4.53. The first kappa shape index (κ1) is 24.4. The second kappa shape index (κ2) is 9.74. The number of thiophene rings is 1. The maximum absolute atomic E-state index is 13.9. The molecule has 0 radical (unpaired) electrons. The van der Waals surface area contributed by atoms with Gasteiger partial charge >= 0.3 is 6.18 Å². The molecule has 2 bridgehead atoms. The molecule has 3 aliphatic heterocycles. The van der Waals surface area contributed by atoms with E-state index in [0.717, 1.165) is 64.0 Å². The minimum Gasteiger partial charge on any atom is -0.366 e. The number of piperazine rings is 1. The average molecular weight is 550 g/mol. The number of fused-ring (bicyclic) bond motifs is 3. The Bertz CT molecular complexity index is 1250. The number of anilines is 3. The SMILES string of the molecule is CCc1cc(N2CC3CC2CN3)ccc1Nc1ncc(C(F)(F)F)c(-c2cc3c(s2)CSCCS3)n1. The molecule has 5 heterocycles. The molecule has 0 amide bonds. The van der Waals surface area contributed by atoms with Crippen molar-refractivity contribution in [2.45, 2.75) is 48.7 Å². The molecule has 11 heteroatoms. The minimum absolute atomic E-state index is 0.0565. The lowest BCUT2D eigenvalue weighted by Gasteiger charge is -2.30. The fourth-order valence-corrected chi connectivity index (χ4v) is 8.89. The molecule has 3 aromatic rings. The highest BCUT2D eigenvalue weighted by molar-refractivity contribution is 8.03. The van der Waals surface area contributed by atoms with Crippen molar-refractivity contribution < 1.29 is 13.2 Å². The molecular weight excluding hydrogens is 524 g/mol. The number of hydrogen-bond donors (Lipinski definition) is 2. The van der Waals surface area contributed by atoms with E-state index in [-0.39, 0.29) is 11.6 Å². The monoisotopic (exact) mass is 549 g/mol. The molecular formula is C25H26F3N5S3. The molecule has 2 atom stereocenters. The number of benzene rings is 1. The molecule has 0 aliphatic carbocycles. The van der Waals surface area contributed by atoms with Gasteiger partial charge in [-0.25, -0.2) is 9.97 Å². The summed E-state index contributed by atoms with van der Waals surface area (Å²) in [4.78, 5) is 13.7. The lowest BCUT2D eigenvalue weighted by molar-refractivity contribution is -0.137. The van der Waals surface area contributed by atoms with Crippen LogP contribution in [0.3, 0.4) is 0 Å². The van der Waals surface area contributed by atoms with Crippen molar-refractivity contribution >= 4 is 52.2 Å². The quantitative estimate of drug-likeness (QED) is 0.381. The molecule has 2 N–H and O–H groups in total. The van der Waals surface area contributed by atoms with Gasteiger partial charge in [0.25, 0.3) is 0 Å². The first-order valence-electron chi connectivity index (χ1n) is 12.1. The number of aromatic nitrogens is 2. The summed E-state index contributed by atoms with van der Waals surface area (Å²) >= 11 is 4.93. The second-order valence-electron chi connectivity index (χ2n) is 9.22. The Balaban J connectivity index is 1.32. The van der Waals surface area contributed by atoms with Gasteiger partial charge in [-0.2, -0.15) is 24.9 Å². The van der Waals surface area contributed by atoms with E-state index in [9.17, 15) is 13.2 Å². The van der Waals surface area contributed by atoms with Gasteiger partial charge in [0.2, 0.25) is 5.95 Å². The maximum Gasteiger partial charge on any atom is 0.420 e. The lowest BCUT2D eigenvalue weighted by Crippen LogP contribution is -2.43. The molecule has 0 spiro atoms. The van der Waals surface area contributed by atoms with Crippen LogP contribution in [-0.4, -0.2) is 46.6 Å². The molecule has 1 aromatic carbocycles. The van der Waals surface area contributed by atoms with Crippen molar-refractivity contribution in [1.82, 2.24) is 15.3 Å². The molecule has 6 rings (SSSR count). The molecule has 0 saturated carbocycles. The number of hydrogen-bond acceptors (Lipinski definition) is 8. The van der Waals surface area contributed by atoms with Gasteiger partial charge in [0.05, 0.1) is 10.6 Å². The van der Waals surface area contributed by atoms with Gasteiger partial charge in [-0.3, -0.25) is 0 Å². The molecule has 2 unspecified atom stereocenters. The Labute approximate surface area is 220 Å². The highest BCUT2D eigenvalue weighted by Gasteiger charge is 2.38. The van der Waals surface area contributed by atoms with Crippen molar-refractivity contribution in [2.75, 3.05) is 34.8 Å². The van der Waals surface area contributed by atoms with Crippen molar-refractivity contribution in [1.29, 1.82) is 0 Å². The highest BCUT2D eigenvalue weighted by atomic mass is 32.2. The normalized spacial score (nSPS) is 21.5. The van der Waals surface area contributed by atoms with E-state index in [2.05, 4.69) is 44.6 Å². The zero-order valence-corrected chi connectivity index (χ0v) is 22.1. The average Bonchev–Trinajstić information content (AvgIpc) is 3.57. The second-order valence-corrected chi connectivity index (χ2v) is 12.6. The van der Waals surface area contributed by atoms with E-state index in [1.165, 1.54) is 23.4 Å². The standard InChI is InChI=1S/C25H26F3N5S3/c1-2-14-7-16(33-12-15-8-17(33)10-29-15)3-4-19(14)31-24-30-11-18(25(26,27)28)23(32-24)21-9-20-22(36-21)13-34-5-6-35-20/h3-4,7,9,11,15,17,29H,2,5-6,8,10,12-13H2,1H3,(H,30,31,32). The highest BCUT2D eigenvalue weighted by Crippen LogP contribution is 2.44. The first-order chi connectivity index (χ1) is 17.4. The number of alkyl halides is 3. The van der Waals surface area contributed by atoms with Gasteiger partial charge in [-0.15, -0.1) is 23.1 Å². The largest absolute Gasteiger partial charge is 0.420 e. The van der Waals surface area contributed by atoms with Crippen LogP contribution in [0.25, 0.3) is 10.6 Å². The number of aryl methyl sites for hydroxylation is 1. The smallest absolute Gasteiger partial charge is 0.366 e. The predicted molar refractivity (Wildman–Crippen MR) is 144 cm³/mol. The molecule has 36 heavy (non-hydrogen) atoms. The van der Waals surface area contributed by atoms with Gasteiger partial charge in [0.1, 0.15) is 5.56 Å². The summed E-state index contributed by atoms with van der Waals surface area (Å²) in [5.74, 6) is 3.01. The molecule has 5 nitrogen and oxygen atoms in total. The van der Waals surface area contributed by atoms with Crippen LogP contribution in [0.1, 0.15) is 29.3 Å².